The van der Waals surface area contributed by atoms with Gasteiger partial charge in [-0.1, -0.05) is 0 Å². The first-order valence-corrected chi connectivity index (χ1v) is 4.08. The van der Waals surface area contributed by atoms with Gasteiger partial charge in [-0.3, -0.25) is 0 Å². The van der Waals surface area contributed by atoms with E-state index in [2.05, 4.69) is 0 Å². The fraction of sp³-hybridized carbons (Fsp3) is 1.00. The third-order valence-electron chi connectivity index (χ3n) is 1.13. The fourth-order valence-corrected chi connectivity index (χ4v) is 1.93. The number of hydrogen-bond acceptors (Lipinski definition) is 2. The van der Waals surface area contributed by atoms with Gasteiger partial charge in [-0.05, 0) is 0 Å². The first kappa shape index (κ1) is 12.1. The van der Waals surface area contributed by atoms with Crippen molar-refractivity contribution in [2.45, 2.75) is 26.1 Å². The van der Waals surface area contributed by atoms with E-state index in [9.17, 15) is 0 Å². The largest absolute Gasteiger partial charge is 0.412 e. The third kappa shape index (κ3) is 3.17. The minimum atomic E-state index is -0.449. The summed E-state index contributed by atoms with van der Waals surface area (Å²) < 4.78 is 10.3. The summed E-state index contributed by atoms with van der Waals surface area (Å²) >= 11 is -0.449. The van der Waals surface area contributed by atoms with E-state index in [4.69, 9.17) is 7.53 Å². The van der Waals surface area contributed by atoms with Crippen LogP contribution in [0, 0.1) is 0 Å². The summed E-state index contributed by atoms with van der Waals surface area (Å²) in [6.45, 7) is 4.09. The molecule has 0 aromatic heterocycles. The van der Waals surface area contributed by atoms with Gasteiger partial charge in [0, 0.05) is 0 Å². The van der Waals surface area contributed by atoms with Gasteiger partial charge in [0.25, 0.3) is 0 Å². The molecule has 1 rings (SSSR count). The van der Waals surface area contributed by atoms with Crippen molar-refractivity contribution in [1.29, 1.82) is 0 Å². The molecule has 1 saturated heterocycles. The van der Waals surface area contributed by atoms with Crippen molar-refractivity contribution in [2.75, 3.05) is 0 Å². The summed E-state index contributed by atoms with van der Waals surface area (Å²) in [6.07, 6.45) is 0.694. The van der Waals surface area contributed by atoms with Gasteiger partial charge < -0.3 is 11.0 Å². The monoisotopic (exact) mass is 198 g/mol. The fourth-order valence-electron chi connectivity index (χ4n) is 0.371. The van der Waals surface area contributed by atoms with Crippen molar-refractivity contribution in [1.82, 2.24) is 0 Å². The van der Waals surface area contributed by atoms with E-state index in [0.29, 0.717) is 12.2 Å². The zero-order chi connectivity index (χ0) is 5.28. The molecule has 2 atom stereocenters. The van der Waals surface area contributed by atoms with Crippen LogP contribution in [-0.2, 0) is 7.53 Å². The maximum Gasteiger partial charge on any atom is -0.412 e. The molecule has 5 heteroatoms. The Bertz CT molecular complexity index is 61.6. The smallest absolute Gasteiger partial charge is 0.412 e. The van der Waals surface area contributed by atoms with Gasteiger partial charge >= 0.3 is 49.7 Å². The van der Waals surface area contributed by atoms with Crippen molar-refractivity contribution in [3.8, 4) is 0 Å². The Labute approximate surface area is 61.3 Å². The summed E-state index contributed by atoms with van der Waals surface area (Å²) in [7, 11) is 0. The van der Waals surface area contributed by atoms with Gasteiger partial charge in [-0.25, -0.2) is 0 Å². The molecule has 0 unspecified atom stereocenters. The van der Waals surface area contributed by atoms with E-state index >= 15 is 0 Å². The molecule has 1 aliphatic heterocycles. The quantitative estimate of drug-likeness (QED) is 0.451. The summed E-state index contributed by atoms with van der Waals surface area (Å²) in [5, 5.41) is 0. The van der Waals surface area contributed by atoms with Crippen LogP contribution < -0.4 is 0 Å². The third-order valence-corrected chi connectivity index (χ3v) is 3.09. The Morgan fingerprint density at radius 3 is 1.44 bits per heavy atom. The zero-order valence-electron chi connectivity index (χ0n) is 5.47. The SMILES string of the molecule is C[C@@H]1[O][Ge][O][C@@H]1C.O.O. The van der Waals surface area contributed by atoms with Gasteiger partial charge in [-0.15, -0.1) is 0 Å². The van der Waals surface area contributed by atoms with Crippen LogP contribution in [-0.4, -0.2) is 39.3 Å². The second-order valence-corrected chi connectivity index (χ2v) is 3.07. The standard InChI is InChI=1S/C4H8GeO2.2H2O/c1-3-4(2)7-5-6-3;;/h3-4H,1-2H3;2*1H2/t3-,4+;;. The van der Waals surface area contributed by atoms with E-state index in [1.807, 2.05) is 13.8 Å². The zero-order valence-corrected chi connectivity index (χ0v) is 7.57. The molecule has 0 aromatic carbocycles. The number of hydrogen-bond donors (Lipinski definition) is 0. The van der Waals surface area contributed by atoms with Crippen molar-refractivity contribution < 1.29 is 18.5 Å². The van der Waals surface area contributed by atoms with Crippen molar-refractivity contribution in [3.63, 3.8) is 0 Å². The average molecular weight is 197 g/mol. The van der Waals surface area contributed by atoms with Crippen molar-refractivity contribution in [2.24, 2.45) is 0 Å². The molecule has 0 amide bonds. The molecule has 1 heterocycles. The number of rotatable bonds is 0. The van der Waals surface area contributed by atoms with Crippen LogP contribution in [0.1, 0.15) is 13.8 Å². The summed E-state index contributed by atoms with van der Waals surface area (Å²) in [4.78, 5) is 0. The summed E-state index contributed by atoms with van der Waals surface area (Å²) in [5.41, 5.74) is 0. The van der Waals surface area contributed by atoms with Crippen LogP contribution in [0.3, 0.4) is 0 Å². The van der Waals surface area contributed by atoms with Crippen molar-refractivity contribution >= 4 is 16.1 Å². The molecule has 0 aliphatic carbocycles. The van der Waals surface area contributed by atoms with E-state index < -0.39 is 16.1 Å². The maximum atomic E-state index is 5.17. The average Bonchev–Trinajstić information content (AvgIpc) is 1.91. The second-order valence-electron chi connectivity index (χ2n) is 1.73. The van der Waals surface area contributed by atoms with Gasteiger partial charge in [-0.2, -0.15) is 0 Å². The Balaban J connectivity index is 0. The molecule has 9 heavy (non-hydrogen) atoms. The van der Waals surface area contributed by atoms with E-state index in [1.54, 1.807) is 0 Å². The first-order chi connectivity index (χ1) is 3.30. The predicted octanol–water partition coefficient (Wildman–Crippen LogP) is -1.31. The van der Waals surface area contributed by atoms with Gasteiger partial charge in [0.2, 0.25) is 0 Å². The van der Waals surface area contributed by atoms with Crippen LogP contribution in [0.15, 0.2) is 0 Å². The minimum absolute atomic E-state index is 0. The molecule has 4 nitrogen and oxygen atoms in total. The molecule has 0 aromatic rings. The molecule has 2 radical (unpaired) electrons. The molecular weight excluding hydrogens is 185 g/mol. The molecule has 0 spiro atoms. The molecule has 56 valence electrons. The maximum absolute atomic E-state index is 5.17. The normalized spacial score (nSPS) is 32.7. The van der Waals surface area contributed by atoms with Gasteiger partial charge in [0.05, 0.1) is 0 Å². The van der Waals surface area contributed by atoms with E-state index in [1.165, 1.54) is 0 Å². The van der Waals surface area contributed by atoms with Gasteiger partial charge in [0.15, 0.2) is 0 Å². The Morgan fingerprint density at radius 1 is 1.00 bits per heavy atom. The van der Waals surface area contributed by atoms with Crippen LogP contribution in [0.5, 0.6) is 0 Å². The van der Waals surface area contributed by atoms with E-state index in [0.717, 1.165) is 0 Å². The first-order valence-electron chi connectivity index (χ1n) is 2.37. The van der Waals surface area contributed by atoms with Crippen LogP contribution >= 0.6 is 0 Å². The van der Waals surface area contributed by atoms with Crippen molar-refractivity contribution in [3.05, 3.63) is 0 Å². The topological polar surface area (TPSA) is 81.5 Å². The molecule has 4 N–H and O–H groups in total. The molecule has 1 aliphatic rings. The molecular formula is C4H12GeO4. The molecule has 0 bridgehead atoms. The Morgan fingerprint density at radius 2 is 1.33 bits per heavy atom. The van der Waals surface area contributed by atoms with Crippen LogP contribution in [0.4, 0.5) is 0 Å². The summed E-state index contributed by atoms with van der Waals surface area (Å²) in [6, 6.07) is 0. The molecule has 1 fully saturated rings. The molecule has 0 saturated carbocycles. The van der Waals surface area contributed by atoms with Gasteiger partial charge in [0.1, 0.15) is 0 Å². The van der Waals surface area contributed by atoms with E-state index in [-0.39, 0.29) is 11.0 Å². The van der Waals surface area contributed by atoms with Crippen LogP contribution in [0.25, 0.3) is 0 Å². The van der Waals surface area contributed by atoms with Crippen LogP contribution in [0.2, 0.25) is 0 Å². The summed E-state index contributed by atoms with van der Waals surface area (Å²) in [5.74, 6) is 0. The Hall–Kier alpha value is 0.383. The second kappa shape index (κ2) is 5.19. The minimum Gasteiger partial charge on any atom is -0.412 e. The Kier molecular flexibility index (Phi) is 6.98. The predicted molar refractivity (Wildman–Crippen MR) is 34.1 cm³/mol.